The van der Waals surface area contributed by atoms with Crippen molar-refractivity contribution in [3.63, 3.8) is 0 Å². The summed E-state index contributed by atoms with van der Waals surface area (Å²) >= 11 is 0. The molecule has 1 aliphatic rings. The van der Waals surface area contributed by atoms with E-state index in [1.807, 2.05) is 30.3 Å². The van der Waals surface area contributed by atoms with Gasteiger partial charge in [-0.2, -0.15) is 0 Å². The van der Waals surface area contributed by atoms with Crippen LogP contribution in [0, 0.1) is 0 Å². The van der Waals surface area contributed by atoms with Crippen LogP contribution in [0.25, 0.3) is 0 Å². The van der Waals surface area contributed by atoms with E-state index in [0.717, 1.165) is 18.5 Å². The lowest BCUT2D eigenvalue weighted by Crippen LogP contribution is -2.20. The second kappa shape index (κ2) is 9.53. The van der Waals surface area contributed by atoms with Gasteiger partial charge in [0.05, 0.1) is 6.61 Å². The van der Waals surface area contributed by atoms with Crippen molar-refractivity contribution in [2.45, 2.75) is 32.3 Å². The molecule has 19 heavy (non-hydrogen) atoms. The number of carbonyl (C=O) groups is 1. The fourth-order valence-electron chi connectivity index (χ4n) is 2.04. The summed E-state index contributed by atoms with van der Waals surface area (Å²) in [6.45, 7) is 3.44. The number of likely N-dealkylation sites (tertiary alicyclic amines) is 1. The summed E-state index contributed by atoms with van der Waals surface area (Å²) in [4.78, 5) is 12.5. The predicted molar refractivity (Wildman–Crippen MR) is 74.9 cm³/mol. The quantitative estimate of drug-likeness (QED) is 0.856. The number of aliphatic carboxylic acids is 1. The third-order valence-corrected chi connectivity index (χ3v) is 3.09. The van der Waals surface area contributed by atoms with Gasteiger partial charge in [-0.05, 0) is 44.5 Å². The van der Waals surface area contributed by atoms with E-state index < -0.39 is 5.97 Å². The Labute approximate surface area is 114 Å². The van der Waals surface area contributed by atoms with Crippen LogP contribution in [0.15, 0.2) is 30.3 Å². The summed E-state index contributed by atoms with van der Waals surface area (Å²) in [7, 11) is 0. The molecular weight excluding hydrogens is 242 g/mol. The molecular formula is C15H23NO3. The highest BCUT2D eigenvalue weighted by Crippen LogP contribution is 2.07. The first-order valence-electron chi connectivity index (χ1n) is 6.81. The van der Waals surface area contributed by atoms with Gasteiger partial charge in [0, 0.05) is 6.42 Å². The Kier molecular flexibility index (Phi) is 7.86. The van der Waals surface area contributed by atoms with Crippen molar-refractivity contribution in [1.29, 1.82) is 0 Å². The lowest BCUT2D eigenvalue weighted by molar-refractivity contribution is -0.137. The Balaban J connectivity index is 0.000000200. The highest BCUT2D eigenvalue weighted by molar-refractivity contribution is 5.66. The van der Waals surface area contributed by atoms with E-state index >= 15 is 0 Å². The normalized spacial score (nSPS) is 14.8. The summed E-state index contributed by atoms with van der Waals surface area (Å²) in [6, 6.07) is 9.52. The molecule has 4 nitrogen and oxygen atoms in total. The molecule has 1 aromatic carbocycles. The largest absolute Gasteiger partial charge is 0.481 e. The van der Waals surface area contributed by atoms with Crippen LogP contribution in [0.4, 0.5) is 0 Å². The van der Waals surface area contributed by atoms with Gasteiger partial charge in [-0.25, -0.2) is 0 Å². The first-order chi connectivity index (χ1) is 9.22. The number of hydrogen-bond acceptors (Lipinski definition) is 3. The van der Waals surface area contributed by atoms with E-state index in [0.29, 0.717) is 6.42 Å². The molecule has 0 bridgehead atoms. The van der Waals surface area contributed by atoms with Gasteiger partial charge in [0.25, 0.3) is 0 Å². The van der Waals surface area contributed by atoms with Crippen molar-refractivity contribution in [3.8, 4) is 0 Å². The molecule has 0 aliphatic carbocycles. The van der Waals surface area contributed by atoms with Crippen LogP contribution in [-0.4, -0.2) is 40.7 Å². The number of benzene rings is 1. The zero-order valence-electron chi connectivity index (χ0n) is 11.3. The smallest absolute Gasteiger partial charge is 0.303 e. The second-order valence-electron chi connectivity index (χ2n) is 4.69. The van der Waals surface area contributed by atoms with Gasteiger partial charge in [-0.15, -0.1) is 0 Å². The van der Waals surface area contributed by atoms with E-state index in [1.165, 1.54) is 25.9 Å². The van der Waals surface area contributed by atoms with Crippen molar-refractivity contribution in [2.24, 2.45) is 0 Å². The Morgan fingerprint density at radius 2 is 1.79 bits per heavy atom. The molecule has 0 aromatic heterocycles. The van der Waals surface area contributed by atoms with E-state index in [2.05, 4.69) is 4.90 Å². The molecule has 0 saturated carbocycles. The maximum atomic E-state index is 10.2. The summed E-state index contributed by atoms with van der Waals surface area (Å²) in [5.41, 5.74) is 0.965. The molecule has 0 atom stereocenters. The lowest BCUT2D eigenvalue weighted by atomic mass is 10.2. The minimum Gasteiger partial charge on any atom is -0.481 e. The fraction of sp³-hybridized carbons (Fsp3) is 0.533. The summed E-state index contributed by atoms with van der Waals surface area (Å²) < 4.78 is 0. The fourth-order valence-corrected chi connectivity index (χ4v) is 2.04. The first kappa shape index (κ1) is 15.7. The van der Waals surface area contributed by atoms with Gasteiger partial charge in [-0.3, -0.25) is 4.79 Å². The van der Waals surface area contributed by atoms with Gasteiger partial charge < -0.3 is 15.1 Å². The van der Waals surface area contributed by atoms with Crippen LogP contribution >= 0.6 is 0 Å². The molecule has 1 fully saturated rings. The highest BCUT2D eigenvalue weighted by Gasteiger charge is 2.10. The third kappa shape index (κ3) is 7.59. The third-order valence-electron chi connectivity index (χ3n) is 3.09. The minimum atomic E-state index is -0.677. The number of aliphatic hydroxyl groups is 1. The van der Waals surface area contributed by atoms with Gasteiger partial charge in [0.1, 0.15) is 0 Å². The van der Waals surface area contributed by atoms with E-state index in [-0.39, 0.29) is 6.61 Å². The van der Waals surface area contributed by atoms with Crippen LogP contribution in [0.3, 0.4) is 0 Å². The number of carboxylic acids is 1. The number of hydrogen-bond donors (Lipinski definition) is 2. The van der Waals surface area contributed by atoms with Crippen LogP contribution in [0.2, 0.25) is 0 Å². The Bertz CT molecular complexity index is 348. The maximum Gasteiger partial charge on any atom is 0.303 e. The maximum absolute atomic E-state index is 10.2. The number of rotatable bonds is 5. The average Bonchev–Trinajstić information content (AvgIpc) is 2.93. The van der Waals surface area contributed by atoms with Crippen molar-refractivity contribution >= 4 is 5.97 Å². The second-order valence-corrected chi connectivity index (χ2v) is 4.69. The van der Waals surface area contributed by atoms with E-state index in [1.54, 1.807) is 0 Å². The Morgan fingerprint density at radius 3 is 2.26 bits per heavy atom. The van der Waals surface area contributed by atoms with Crippen LogP contribution in [-0.2, 0) is 11.4 Å². The molecule has 1 saturated heterocycles. The summed E-state index contributed by atoms with van der Waals surface area (Å²) in [5.74, 6) is -0.677. The molecule has 1 aliphatic heterocycles. The summed E-state index contributed by atoms with van der Waals surface area (Å²) in [5, 5.41) is 16.9. The number of nitrogens with zero attached hydrogens (tertiary/aromatic N) is 1. The van der Waals surface area contributed by atoms with Crippen molar-refractivity contribution in [3.05, 3.63) is 35.9 Å². The highest BCUT2D eigenvalue weighted by atomic mass is 16.4. The molecule has 0 unspecified atom stereocenters. The van der Waals surface area contributed by atoms with E-state index in [9.17, 15) is 4.79 Å². The molecule has 0 radical (unpaired) electrons. The lowest BCUT2D eigenvalue weighted by Gasteiger charge is -2.12. The molecule has 0 spiro atoms. The number of aliphatic hydroxyl groups excluding tert-OH is 1. The summed E-state index contributed by atoms with van der Waals surface area (Å²) in [6.07, 6.45) is 3.69. The van der Waals surface area contributed by atoms with Gasteiger partial charge in [0.2, 0.25) is 0 Å². The van der Waals surface area contributed by atoms with Gasteiger partial charge in [-0.1, -0.05) is 30.3 Å². The zero-order chi connectivity index (χ0) is 13.9. The van der Waals surface area contributed by atoms with Gasteiger partial charge >= 0.3 is 5.97 Å². The molecule has 4 heteroatoms. The Morgan fingerprint density at radius 1 is 1.16 bits per heavy atom. The Hall–Kier alpha value is -1.39. The molecule has 1 heterocycles. The zero-order valence-corrected chi connectivity index (χ0v) is 11.3. The topological polar surface area (TPSA) is 60.8 Å². The number of carboxylic acid groups (broad SMARTS) is 1. The van der Waals surface area contributed by atoms with Crippen molar-refractivity contribution in [1.82, 2.24) is 4.90 Å². The minimum absolute atomic E-state index is 0.140. The molecule has 0 amide bonds. The van der Waals surface area contributed by atoms with Crippen LogP contribution in [0.1, 0.15) is 31.2 Å². The molecule has 2 rings (SSSR count). The van der Waals surface area contributed by atoms with Crippen LogP contribution in [0.5, 0.6) is 0 Å². The van der Waals surface area contributed by atoms with E-state index in [4.69, 9.17) is 10.2 Å². The van der Waals surface area contributed by atoms with Crippen molar-refractivity contribution in [2.75, 3.05) is 19.6 Å². The van der Waals surface area contributed by atoms with Crippen molar-refractivity contribution < 1.29 is 15.0 Å². The SMILES string of the molecule is O=C(O)CCCN1CCCC1.OCc1ccccc1. The molecule has 1 aromatic rings. The standard InChI is InChI=1S/C8H15NO2.C7H8O/c10-8(11)4-3-7-9-5-1-2-6-9;8-6-7-4-2-1-3-5-7/h1-7H2,(H,10,11);1-5,8H,6H2. The molecule has 106 valence electrons. The monoisotopic (exact) mass is 265 g/mol. The average molecular weight is 265 g/mol. The van der Waals surface area contributed by atoms with Gasteiger partial charge in [0.15, 0.2) is 0 Å². The first-order valence-corrected chi connectivity index (χ1v) is 6.81. The predicted octanol–water partition coefficient (Wildman–Crippen LogP) is 2.13. The molecule has 2 N–H and O–H groups in total. The van der Waals surface area contributed by atoms with Crippen LogP contribution < -0.4 is 0 Å².